The summed E-state index contributed by atoms with van der Waals surface area (Å²) in [5.41, 5.74) is 1.21. The number of aliphatic imine (C=N–C) groups is 1. The third-order valence-corrected chi connectivity index (χ3v) is 2.81. The summed E-state index contributed by atoms with van der Waals surface area (Å²) >= 11 is 3.46. The second-order valence-electron chi connectivity index (χ2n) is 3.68. The Hall–Kier alpha value is -0.340. The van der Waals surface area contributed by atoms with Crippen molar-refractivity contribution in [1.82, 2.24) is 10.6 Å². The lowest BCUT2D eigenvalue weighted by Crippen LogP contribution is -2.38. The molecule has 0 unspecified atom stereocenters. The molecule has 0 amide bonds. The number of guanidine groups is 1. The molecule has 0 radical (unpaired) electrons. The zero-order valence-electron chi connectivity index (χ0n) is 11.3. The Balaban J connectivity index is 0.00000324. The van der Waals surface area contributed by atoms with Gasteiger partial charge in [-0.05, 0) is 24.6 Å². The number of hydrogen-bond donors (Lipinski definition) is 2. The summed E-state index contributed by atoms with van der Waals surface area (Å²) in [5, 5.41) is 6.44. The van der Waals surface area contributed by atoms with Gasteiger partial charge < -0.3 is 15.4 Å². The molecule has 108 valence electrons. The molecule has 1 aromatic carbocycles. The summed E-state index contributed by atoms with van der Waals surface area (Å²) in [6.07, 6.45) is 0. The maximum Gasteiger partial charge on any atom is 0.191 e. The second kappa shape index (κ2) is 11.5. The number of nitrogens with one attached hydrogen (secondary N) is 2. The highest BCUT2D eigenvalue weighted by molar-refractivity contribution is 14.0. The highest BCUT2D eigenvalue weighted by atomic mass is 127. The molecule has 4 nitrogen and oxygen atoms in total. The van der Waals surface area contributed by atoms with E-state index < -0.39 is 0 Å². The zero-order valence-corrected chi connectivity index (χ0v) is 15.2. The molecule has 19 heavy (non-hydrogen) atoms. The van der Waals surface area contributed by atoms with Crippen LogP contribution in [-0.2, 0) is 11.3 Å². The van der Waals surface area contributed by atoms with Gasteiger partial charge >= 0.3 is 0 Å². The average molecular weight is 442 g/mol. The summed E-state index contributed by atoms with van der Waals surface area (Å²) in [4.78, 5) is 4.15. The van der Waals surface area contributed by atoms with Crippen molar-refractivity contribution in [1.29, 1.82) is 0 Å². The lowest BCUT2D eigenvalue weighted by Gasteiger charge is -2.12. The molecule has 0 aliphatic heterocycles. The molecule has 1 aromatic rings. The van der Waals surface area contributed by atoms with Gasteiger partial charge in [0, 0.05) is 31.2 Å². The summed E-state index contributed by atoms with van der Waals surface area (Å²) in [5.74, 6) is 0.787. The van der Waals surface area contributed by atoms with Crippen LogP contribution in [0.1, 0.15) is 12.5 Å². The lowest BCUT2D eigenvalue weighted by molar-refractivity contribution is 0.152. The van der Waals surface area contributed by atoms with E-state index in [9.17, 15) is 0 Å². The molecular weight excluding hydrogens is 421 g/mol. The van der Waals surface area contributed by atoms with Crippen molar-refractivity contribution in [3.63, 3.8) is 0 Å². The minimum absolute atomic E-state index is 0. The van der Waals surface area contributed by atoms with Crippen molar-refractivity contribution in [3.05, 3.63) is 34.3 Å². The van der Waals surface area contributed by atoms with Crippen molar-refractivity contribution in [3.8, 4) is 0 Å². The smallest absolute Gasteiger partial charge is 0.191 e. The molecule has 0 aromatic heterocycles. The molecule has 0 saturated heterocycles. The quantitative estimate of drug-likeness (QED) is 0.309. The number of nitrogens with zero attached hydrogens (tertiary/aromatic N) is 1. The van der Waals surface area contributed by atoms with Crippen LogP contribution in [0.5, 0.6) is 0 Å². The van der Waals surface area contributed by atoms with E-state index in [1.54, 1.807) is 7.05 Å². The van der Waals surface area contributed by atoms with Gasteiger partial charge in [-0.1, -0.05) is 28.1 Å². The fourth-order valence-electron chi connectivity index (χ4n) is 1.44. The van der Waals surface area contributed by atoms with Gasteiger partial charge in [-0.25, -0.2) is 0 Å². The van der Waals surface area contributed by atoms with Crippen molar-refractivity contribution in [2.75, 3.05) is 26.8 Å². The lowest BCUT2D eigenvalue weighted by atomic mass is 10.2. The van der Waals surface area contributed by atoms with E-state index in [-0.39, 0.29) is 24.0 Å². The van der Waals surface area contributed by atoms with Crippen molar-refractivity contribution < 1.29 is 4.74 Å². The molecule has 2 N–H and O–H groups in total. The molecule has 0 atom stereocenters. The van der Waals surface area contributed by atoms with Gasteiger partial charge in [-0.15, -0.1) is 24.0 Å². The van der Waals surface area contributed by atoms with Crippen LogP contribution in [0, 0.1) is 0 Å². The summed E-state index contributed by atoms with van der Waals surface area (Å²) in [7, 11) is 1.76. The highest BCUT2D eigenvalue weighted by Gasteiger charge is 1.98. The molecule has 0 saturated carbocycles. The minimum Gasteiger partial charge on any atom is -0.380 e. The Kier molecular flexibility index (Phi) is 11.3. The summed E-state index contributed by atoms with van der Waals surface area (Å²) in [6.45, 7) is 4.92. The van der Waals surface area contributed by atoms with Gasteiger partial charge in [0.2, 0.25) is 0 Å². The topological polar surface area (TPSA) is 45.6 Å². The summed E-state index contributed by atoms with van der Waals surface area (Å²) in [6, 6.07) is 8.19. The fraction of sp³-hybridized carbons (Fsp3) is 0.462. The number of ether oxygens (including phenoxy) is 1. The van der Waals surface area contributed by atoms with Crippen LogP contribution in [-0.4, -0.2) is 32.8 Å². The van der Waals surface area contributed by atoms with E-state index in [1.165, 1.54) is 5.56 Å². The van der Waals surface area contributed by atoms with Gasteiger partial charge in [0.25, 0.3) is 0 Å². The highest BCUT2D eigenvalue weighted by Crippen LogP contribution is 2.11. The van der Waals surface area contributed by atoms with Crippen LogP contribution in [0.2, 0.25) is 0 Å². The Morgan fingerprint density at radius 2 is 2.16 bits per heavy atom. The number of rotatable bonds is 6. The first-order valence-electron chi connectivity index (χ1n) is 6.03. The number of halogens is 2. The normalized spacial score (nSPS) is 10.8. The molecule has 0 bridgehead atoms. The zero-order chi connectivity index (χ0) is 13.2. The monoisotopic (exact) mass is 441 g/mol. The van der Waals surface area contributed by atoms with Crippen molar-refractivity contribution in [2.24, 2.45) is 4.99 Å². The Morgan fingerprint density at radius 3 is 2.79 bits per heavy atom. The second-order valence-corrected chi connectivity index (χ2v) is 4.60. The molecule has 0 fully saturated rings. The van der Waals surface area contributed by atoms with Crippen LogP contribution in [0.4, 0.5) is 0 Å². The van der Waals surface area contributed by atoms with Crippen LogP contribution >= 0.6 is 39.9 Å². The third kappa shape index (κ3) is 8.43. The largest absolute Gasteiger partial charge is 0.380 e. The molecule has 0 aliphatic rings. The molecular formula is C13H21BrIN3O. The first-order valence-corrected chi connectivity index (χ1v) is 6.82. The molecule has 1 rings (SSSR count). The van der Waals surface area contributed by atoms with E-state index in [2.05, 4.69) is 43.7 Å². The third-order valence-electron chi connectivity index (χ3n) is 2.32. The van der Waals surface area contributed by atoms with E-state index in [0.717, 1.165) is 30.1 Å². The average Bonchev–Trinajstić information content (AvgIpc) is 2.38. The van der Waals surface area contributed by atoms with Gasteiger partial charge in [0.05, 0.1) is 6.61 Å². The predicted molar refractivity (Wildman–Crippen MR) is 94.3 cm³/mol. The predicted octanol–water partition coefficient (Wildman–Crippen LogP) is 2.77. The minimum atomic E-state index is 0. The molecule has 0 heterocycles. The Bertz CT molecular complexity index is 388. The van der Waals surface area contributed by atoms with Gasteiger partial charge in [-0.2, -0.15) is 0 Å². The van der Waals surface area contributed by atoms with Crippen LogP contribution in [0.25, 0.3) is 0 Å². The van der Waals surface area contributed by atoms with Crippen LogP contribution < -0.4 is 10.6 Å². The van der Waals surface area contributed by atoms with E-state index in [4.69, 9.17) is 4.74 Å². The maximum atomic E-state index is 5.26. The molecule has 0 spiro atoms. The standard InChI is InChI=1S/C13H20BrN3O.HI/c1-3-18-8-7-16-13(15-2)17-10-11-5-4-6-12(14)9-11;/h4-6,9H,3,7-8,10H2,1-2H3,(H2,15,16,17);1H. The van der Waals surface area contributed by atoms with Crippen molar-refractivity contribution in [2.45, 2.75) is 13.5 Å². The van der Waals surface area contributed by atoms with Crippen LogP contribution in [0.3, 0.4) is 0 Å². The van der Waals surface area contributed by atoms with E-state index in [0.29, 0.717) is 6.61 Å². The van der Waals surface area contributed by atoms with E-state index in [1.807, 2.05) is 19.1 Å². The van der Waals surface area contributed by atoms with Gasteiger partial charge in [-0.3, -0.25) is 4.99 Å². The number of benzene rings is 1. The maximum absolute atomic E-state index is 5.26. The number of hydrogen-bond acceptors (Lipinski definition) is 2. The molecule has 0 aliphatic carbocycles. The van der Waals surface area contributed by atoms with Crippen LogP contribution in [0.15, 0.2) is 33.7 Å². The SMILES string of the molecule is CCOCCNC(=NC)NCc1cccc(Br)c1.I. The van der Waals surface area contributed by atoms with Gasteiger partial charge in [0.15, 0.2) is 5.96 Å². The summed E-state index contributed by atoms with van der Waals surface area (Å²) < 4.78 is 6.34. The Labute approximate surface area is 140 Å². The first-order chi connectivity index (χ1) is 8.76. The van der Waals surface area contributed by atoms with Crippen molar-refractivity contribution >= 4 is 45.9 Å². The Morgan fingerprint density at radius 1 is 1.37 bits per heavy atom. The van der Waals surface area contributed by atoms with Gasteiger partial charge in [0.1, 0.15) is 0 Å². The first kappa shape index (κ1) is 18.7. The fourth-order valence-corrected chi connectivity index (χ4v) is 1.89. The molecule has 6 heteroatoms. The van der Waals surface area contributed by atoms with E-state index >= 15 is 0 Å².